The van der Waals surface area contributed by atoms with Crippen LogP contribution < -0.4 is 16.0 Å². The van der Waals surface area contributed by atoms with E-state index >= 15 is 0 Å². The summed E-state index contributed by atoms with van der Waals surface area (Å²) in [7, 11) is 0. The number of hydrogen-bond donors (Lipinski definition) is 2. The third-order valence-corrected chi connectivity index (χ3v) is 4.89. The highest BCUT2D eigenvalue weighted by atomic mass is 16.5. The summed E-state index contributed by atoms with van der Waals surface area (Å²) in [6.07, 6.45) is 0. The van der Waals surface area contributed by atoms with Gasteiger partial charge in [0.2, 0.25) is 5.82 Å². The highest BCUT2D eigenvalue weighted by Gasteiger charge is 2.13. The maximum Gasteiger partial charge on any atom is 0.302 e. The second-order valence-electron chi connectivity index (χ2n) is 7.21. The van der Waals surface area contributed by atoms with E-state index in [0.717, 1.165) is 22.4 Å². The van der Waals surface area contributed by atoms with Crippen molar-refractivity contribution in [2.45, 2.75) is 6.61 Å². The molecular weight excluding hydrogens is 416 g/mol. The minimum absolute atomic E-state index is 0.00439. The van der Waals surface area contributed by atoms with E-state index in [0.29, 0.717) is 31.2 Å². The van der Waals surface area contributed by atoms with Crippen molar-refractivity contribution in [3.63, 3.8) is 0 Å². The Labute approximate surface area is 192 Å². The average Bonchev–Trinajstić information content (AvgIpc) is 2.89. The molecule has 0 aliphatic rings. The molecule has 0 saturated carbocycles. The number of nitrogens with zero attached hydrogens (tertiary/aromatic N) is 2. The number of hydrogen-bond acceptors (Lipinski definition) is 6. The summed E-state index contributed by atoms with van der Waals surface area (Å²) in [6.45, 7) is 1.48. The van der Waals surface area contributed by atoms with Gasteiger partial charge in [0.25, 0.3) is 0 Å². The van der Waals surface area contributed by atoms with Gasteiger partial charge in [-0.05, 0) is 35.9 Å². The first-order valence-electron chi connectivity index (χ1n) is 10.5. The standard InChI is InChI=1S/C26H24N4O3/c27-30-26(31)25-28-23(20-9-5-2-6-10-20)17-24(29-25)21-11-13-22(14-12-21)33-16-15-32-18-19-7-3-1-4-8-19/h1-14,17H,15-16,18,27H2,(H,30,31). The first-order chi connectivity index (χ1) is 16.2. The van der Waals surface area contributed by atoms with Crippen LogP contribution in [0.25, 0.3) is 22.5 Å². The van der Waals surface area contributed by atoms with Gasteiger partial charge in [-0.1, -0.05) is 60.7 Å². The summed E-state index contributed by atoms with van der Waals surface area (Å²) < 4.78 is 11.4. The molecule has 7 heteroatoms. The molecule has 1 amide bonds. The van der Waals surface area contributed by atoms with Crippen molar-refractivity contribution in [1.29, 1.82) is 0 Å². The number of nitrogen functional groups attached to an aromatic ring is 1. The van der Waals surface area contributed by atoms with Crippen LogP contribution in [0.2, 0.25) is 0 Å². The minimum Gasteiger partial charge on any atom is -0.491 e. The van der Waals surface area contributed by atoms with E-state index in [1.807, 2.05) is 91.0 Å². The zero-order chi connectivity index (χ0) is 22.9. The predicted molar refractivity (Wildman–Crippen MR) is 126 cm³/mol. The lowest BCUT2D eigenvalue weighted by Crippen LogP contribution is -2.31. The molecule has 166 valence electrons. The monoisotopic (exact) mass is 440 g/mol. The number of aromatic nitrogens is 2. The van der Waals surface area contributed by atoms with Crippen LogP contribution >= 0.6 is 0 Å². The van der Waals surface area contributed by atoms with E-state index in [9.17, 15) is 4.79 Å². The lowest BCUT2D eigenvalue weighted by atomic mass is 10.1. The Morgan fingerprint density at radius 1 is 0.788 bits per heavy atom. The Kier molecular flexibility index (Phi) is 7.37. The molecule has 0 unspecified atom stereocenters. The number of rotatable bonds is 9. The van der Waals surface area contributed by atoms with Crippen LogP contribution in [0, 0.1) is 0 Å². The quantitative estimate of drug-likeness (QED) is 0.177. The highest BCUT2D eigenvalue weighted by Crippen LogP contribution is 2.25. The van der Waals surface area contributed by atoms with Crippen molar-refractivity contribution in [2.75, 3.05) is 13.2 Å². The second kappa shape index (κ2) is 11.0. The summed E-state index contributed by atoms with van der Waals surface area (Å²) in [5, 5.41) is 0. The maximum atomic E-state index is 12.1. The molecule has 33 heavy (non-hydrogen) atoms. The Morgan fingerprint density at radius 3 is 2.03 bits per heavy atom. The molecule has 0 fully saturated rings. The van der Waals surface area contributed by atoms with Gasteiger partial charge < -0.3 is 9.47 Å². The first kappa shape index (κ1) is 22.1. The van der Waals surface area contributed by atoms with Crippen LogP contribution in [-0.2, 0) is 11.3 Å². The van der Waals surface area contributed by atoms with Gasteiger partial charge in [0.15, 0.2) is 0 Å². The molecule has 0 aliphatic heterocycles. The molecule has 0 aliphatic carbocycles. The van der Waals surface area contributed by atoms with E-state index in [1.165, 1.54) is 0 Å². The number of benzene rings is 3. The van der Waals surface area contributed by atoms with Gasteiger partial charge in [-0.25, -0.2) is 15.8 Å². The summed E-state index contributed by atoms with van der Waals surface area (Å²) in [5.74, 6) is 5.47. The molecule has 0 atom stereocenters. The van der Waals surface area contributed by atoms with Crippen LogP contribution in [0.15, 0.2) is 91.0 Å². The fourth-order valence-corrected chi connectivity index (χ4v) is 3.22. The van der Waals surface area contributed by atoms with Crippen LogP contribution in [0.1, 0.15) is 16.2 Å². The van der Waals surface area contributed by atoms with Gasteiger partial charge in [-0.15, -0.1) is 0 Å². The lowest BCUT2D eigenvalue weighted by Gasteiger charge is -2.10. The Morgan fingerprint density at radius 2 is 1.39 bits per heavy atom. The van der Waals surface area contributed by atoms with Crippen molar-refractivity contribution in [2.24, 2.45) is 5.84 Å². The smallest absolute Gasteiger partial charge is 0.302 e. The summed E-state index contributed by atoms with van der Waals surface area (Å²) in [4.78, 5) is 20.8. The minimum atomic E-state index is -0.551. The average molecular weight is 441 g/mol. The van der Waals surface area contributed by atoms with Crippen molar-refractivity contribution >= 4 is 5.91 Å². The number of carbonyl (C=O) groups excluding carboxylic acids is 1. The summed E-state index contributed by atoms with van der Waals surface area (Å²) in [6, 6.07) is 28.9. The molecule has 4 rings (SSSR count). The molecule has 0 spiro atoms. The number of carbonyl (C=O) groups is 1. The van der Waals surface area contributed by atoms with Crippen molar-refractivity contribution in [1.82, 2.24) is 15.4 Å². The topological polar surface area (TPSA) is 99.4 Å². The molecule has 0 bridgehead atoms. The highest BCUT2D eigenvalue weighted by molar-refractivity contribution is 5.91. The molecular formula is C26H24N4O3. The third-order valence-electron chi connectivity index (χ3n) is 4.89. The molecule has 4 aromatic rings. The Bertz CT molecular complexity index is 1180. The van der Waals surface area contributed by atoms with Gasteiger partial charge in [0, 0.05) is 11.1 Å². The molecule has 3 N–H and O–H groups in total. The number of hydrazine groups is 1. The van der Waals surface area contributed by atoms with E-state index in [4.69, 9.17) is 15.3 Å². The fraction of sp³-hybridized carbons (Fsp3) is 0.115. The fourth-order valence-electron chi connectivity index (χ4n) is 3.22. The SMILES string of the molecule is NNC(=O)c1nc(-c2ccccc2)cc(-c2ccc(OCCOCc3ccccc3)cc2)n1. The third kappa shape index (κ3) is 6.00. The number of nitrogens with one attached hydrogen (secondary N) is 1. The van der Waals surface area contributed by atoms with Gasteiger partial charge in [0.05, 0.1) is 24.6 Å². The number of ether oxygens (including phenoxy) is 2. The van der Waals surface area contributed by atoms with Crippen LogP contribution in [0.4, 0.5) is 0 Å². The molecule has 1 aromatic heterocycles. The van der Waals surface area contributed by atoms with Crippen LogP contribution in [0.3, 0.4) is 0 Å². The second-order valence-corrected chi connectivity index (χ2v) is 7.21. The Balaban J connectivity index is 1.42. The summed E-state index contributed by atoms with van der Waals surface area (Å²) >= 11 is 0. The van der Waals surface area contributed by atoms with Gasteiger partial charge in [0.1, 0.15) is 12.4 Å². The predicted octanol–water partition coefficient (Wildman–Crippen LogP) is 4.01. The van der Waals surface area contributed by atoms with E-state index in [1.54, 1.807) is 0 Å². The van der Waals surface area contributed by atoms with Crippen LogP contribution in [-0.4, -0.2) is 29.1 Å². The largest absolute Gasteiger partial charge is 0.491 e. The number of amides is 1. The van der Waals surface area contributed by atoms with E-state index in [-0.39, 0.29) is 5.82 Å². The molecule has 7 nitrogen and oxygen atoms in total. The first-order valence-corrected chi connectivity index (χ1v) is 10.5. The van der Waals surface area contributed by atoms with E-state index in [2.05, 4.69) is 15.4 Å². The van der Waals surface area contributed by atoms with Gasteiger partial charge in [-0.3, -0.25) is 10.2 Å². The van der Waals surface area contributed by atoms with E-state index < -0.39 is 5.91 Å². The van der Waals surface area contributed by atoms with Gasteiger partial charge >= 0.3 is 5.91 Å². The van der Waals surface area contributed by atoms with Crippen molar-refractivity contribution < 1.29 is 14.3 Å². The van der Waals surface area contributed by atoms with Gasteiger partial charge in [-0.2, -0.15) is 0 Å². The Hall–Kier alpha value is -4.07. The van der Waals surface area contributed by atoms with Crippen molar-refractivity contribution in [3.05, 3.63) is 102 Å². The maximum absolute atomic E-state index is 12.1. The lowest BCUT2D eigenvalue weighted by molar-refractivity contribution is 0.0889. The molecule has 1 heterocycles. The van der Waals surface area contributed by atoms with Crippen LogP contribution in [0.5, 0.6) is 5.75 Å². The zero-order valence-corrected chi connectivity index (χ0v) is 18.0. The van der Waals surface area contributed by atoms with Crippen molar-refractivity contribution in [3.8, 4) is 28.3 Å². The number of nitrogens with two attached hydrogens (primary N) is 1. The molecule has 0 saturated heterocycles. The summed E-state index contributed by atoms with van der Waals surface area (Å²) in [5.41, 5.74) is 6.18. The molecule has 0 radical (unpaired) electrons. The zero-order valence-electron chi connectivity index (χ0n) is 18.0. The molecule has 3 aromatic carbocycles. The normalized spacial score (nSPS) is 10.6.